The highest BCUT2D eigenvalue weighted by Crippen LogP contribution is 2.47. The summed E-state index contributed by atoms with van der Waals surface area (Å²) in [6.07, 6.45) is 0. The van der Waals surface area contributed by atoms with Gasteiger partial charge in [0.15, 0.2) is 5.58 Å². The molecule has 270 valence electrons. The SMILES string of the molecule is c1cc(-c2ccc3sc4ccccc4c3c2)cc(N(c2ccc3c(c2)c2ccccc2c2cc4c(cc32)sc2ccccc24)c2cccc3c2oc2ccccc23)c1. The van der Waals surface area contributed by atoms with Crippen molar-refractivity contribution in [2.45, 2.75) is 0 Å². The molecule has 0 amide bonds. The van der Waals surface area contributed by atoms with E-state index in [1.807, 2.05) is 28.7 Å². The molecule has 13 aromatic rings. The molecule has 0 aliphatic rings. The number of fused-ring (bicyclic) bond motifs is 15. The van der Waals surface area contributed by atoms with E-state index >= 15 is 0 Å². The van der Waals surface area contributed by atoms with E-state index in [2.05, 4.69) is 187 Å². The summed E-state index contributed by atoms with van der Waals surface area (Å²) in [6, 6.07) is 69.0. The highest BCUT2D eigenvalue weighted by molar-refractivity contribution is 7.26. The summed E-state index contributed by atoms with van der Waals surface area (Å²) in [6.45, 7) is 0. The first-order chi connectivity index (χ1) is 28.7. The number of hydrogen-bond acceptors (Lipinski definition) is 4. The first-order valence-electron chi connectivity index (χ1n) is 19.7. The molecule has 0 aliphatic heterocycles. The Labute approximate surface area is 341 Å². The van der Waals surface area contributed by atoms with E-state index in [4.69, 9.17) is 4.42 Å². The van der Waals surface area contributed by atoms with Gasteiger partial charge in [0.05, 0.1) is 5.69 Å². The van der Waals surface area contributed by atoms with Gasteiger partial charge in [0.1, 0.15) is 5.58 Å². The summed E-state index contributed by atoms with van der Waals surface area (Å²) in [5.74, 6) is 0. The van der Waals surface area contributed by atoms with Crippen LogP contribution in [0.4, 0.5) is 17.1 Å². The predicted molar refractivity (Wildman–Crippen MR) is 252 cm³/mol. The Kier molecular flexibility index (Phi) is 6.79. The highest BCUT2D eigenvalue weighted by Gasteiger charge is 2.22. The Morgan fingerprint density at radius 3 is 1.69 bits per heavy atom. The maximum atomic E-state index is 6.74. The minimum absolute atomic E-state index is 0.871. The summed E-state index contributed by atoms with van der Waals surface area (Å²) in [5, 5.41) is 15.1. The smallest absolute Gasteiger partial charge is 0.159 e. The van der Waals surface area contributed by atoms with Crippen LogP contribution in [0.3, 0.4) is 0 Å². The van der Waals surface area contributed by atoms with Gasteiger partial charge in [0, 0.05) is 62.5 Å². The molecule has 0 fully saturated rings. The second kappa shape index (κ2) is 12.3. The van der Waals surface area contributed by atoms with Crippen LogP contribution in [0.5, 0.6) is 0 Å². The molecule has 0 spiro atoms. The fourth-order valence-corrected chi connectivity index (χ4v) is 11.6. The van der Waals surface area contributed by atoms with Crippen molar-refractivity contribution in [3.8, 4) is 11.1 Å². The third kappa shape index (κ3) is 4.70. The minimum Gasteiger partial charge on any atom is -0.454 e. The molecular formula is C54H31NOS2. The first-order valence-corrected chi connectivity index (χ1v) is 21.3. The van der Waals surface area contributed by atoms with Gasteiger partial charge in [-0.3, -0.25) is 0 Å². The van der Waals surface area contributed by atoms with Gasteiger partial charge < -0.3 is 9.32 Å². The van der Waals surface area contributed by atoms with Gasteiger partial charge in [-0.15, -0.1) is 22.7 Å². The largest absolute Gasteiger partial charge is 0.454 e. The lowest BCUT2D eigenvalue weighted by atomic mass is 9.92. The average Bonchev–Trinajstić information content (AvgIpc) is 3.97. The van der Waals surface area contributed by atoms with Gasteiger partial charge in [0.25, 0.3) is 0 Å². The Morgan fingerprint density at radius 1 is 0.310 bits per heavy atom. The van der Waals surface area contributed by atoms with Crippen LogP contribution in [0.15, 0.2) is 192 Å². The quantitative estimate of drug-likeness (QED) is 0.166. The number of nitrogens with zero attached hydrogens (tertiary/aromatic N) is 1. The van der Waals surface area contributed by atoms with Gasteiger partial charge in [-0.2, -0.15) is 0 Å². The second-order valence-corrected chi connectivity index (χ2v) is 17.4. The van der Waals surface area contributed by atoms with Crippen molar-refractivity contribution in [2.24, 2.45) is 0 Å². The molecule has 3 aromatic heterocycles. The Hall–Kier alpha value is -6.98. The van der Waals surface area contributed by atoms with Gasteiger partial charge in [-0.05, 0) is 116 Å². The van der Waals surface area contributed by atoms with Crippen LogP contribution in [-0.2, 0) is 0 Å². The molecule has 10 aromatic carbocycles. The van der Waals surface area contributed by atoms with Crippen molar-refractivity contribution in [2.75, 3.05) is 4.90 Å². The zero-order chi connectivity index (χ0) is 37.9. The maximum Gasteiger partial charge on any atom is 0.159 e. The fraction of sp³-hybridized carbons (Fsp3) is 0. The van der Waals surface area contributed by atoms with E-state index < -0.39 is 0 Å². The van der Waals surface area contributed by atoms with Crippen molar-refractivity contribution < 1.29 is 4.42 Å². The molecule has 0 saturated heterocycles. The molecular weight excluding hydrogens is 743 g/mol. The summed E-state index contributed by atoms with van der Waals surface area (Å²) in [5.41, 5.74) is 7.27. The molecule has 0 radical (unpaired) electrons. The lowest BCUT2D eigenvalue weighted by molar-refractivity contribution is 0.669. The lowest BCUT2D eigenvalue weighted by Crippen LogP contribution is -2.10. The number of furan rings is 1. The third-order valence-electron chi connectivity index (χ3n) is 12.0. The van der Waals surface area contributed by atoms with Crippen LogP contribution in [0, 0.1) is 0 Å². The van der Waals surface area contributed by atoms with Crippen LogP contribution in [0.25, 0.3) is 106 Å². The van der Waals surface area contributed by atoms with Crippen molar-refractivity contribution in [3.05, 3.63) is 188 Å². The number of para-hydroxylation sites is 2. The fourth-order valence-electron chi connectivity index (χ4n) is 9.36. The molecule has 4 heteroatoms. The Balaban J connectivity index is 1.06. The molecule has 3 heterocycles. The number of rotatable bonds is 4. The Morgan fingerprint density at radius 2 is 0.879 bits per heavy atom. The topological polar surface area (TPSA) is 16.4 Å². The van der Waals surface area contributed by atoms with Crippen LogP contribution >= 0.6 is 22.7 Å². The zero-order valence-corrected chi connectivity index (χ0v) is 32.7. The molecule has 58 heavy (non-hydrogen) atoms. The van der Waals surface area contributed by atoms with E-state index in [-0.39, 0.29) is 0 Å². The lowest BCUT2D eigenvalue weighted by Gasteiger charge is -2.27. The van der Waals surface area contributed by atoms with Crippen LogP contribution in [0.1, 0.15) is 0 Å². The number of anilines is 3. The molecule has 0 aliphatic carbocycles. The first kappa shape index (κ1) is 32.1. The number of thiophene rings is 2. The zero-order valence-electron chi connectivity index (χ0n) is 31.1. The molecule has 0 unspecified atom stereocenters. The monoisotopic (exact) mass is 773 g/mol. The van der Waals surface area contributed by atoms with Crippen LogP contribution in [-0.4, -0.2) is 0 Å². The van der Waals surface area contributed by atoms with Crippen molar-refractivity contribution in [3.63, 3.8) is 0 Å². The van der Waals surface area contributed by atoms with Gasteiger partial charge in [-0.25, -0.2) is 0 Å². The third-order valence-corrected chi connectivity index (χ3v) is 14.3. The second-order valence-electron chi connectivity index (χ2n) is 15.2. The van der Waals surface area contributed by atoms with E-state index in [0.717, 1.165) is 39.0 Å². The van der Waals surface area contributed by atoms with Gasteiger partial charge in [-0.1, -0.05) is 115 Å². The van der Waals surface area contributed by atoms with Crippen molar-refractivity contribution >= 4 is 134 Å². The van der Waals surface area contributed by atoms with Gasteiger partial charge in [0.2, 0.25) is 0 Å². The molecule has 0 atom stereocenters. The molecule has 13 rings (SSSR count). The average molecular weight is 774 g/mol. The normalized spacial score (nSPS) is 12.1. The van der Waals surface area contributed by atoms with Crippen LogP contribution < -0.4 is 4.90 Å². The van der Waals surface area contributed by atoms with Crippen molar-refractivity contribution in [1.82, 2.24) is 0 Å². The summed E-state index contributed by atoms with van der Waals surface area (Å²) < 4.78 is 12.0. The summed E-state index contributed by atoms with van der Waals surface area (Å²) in [7, 11) is 0. The van der Waals surface area contributed by atoms with E-state index in [1.54, 1.807) is 0 Å². The Bertz CT molecular complexity index is 3830. The van der Waals surface area contributed by atoms with Crippen LogP contribution in [0.2, 0.25) is 0 Å². The summed E-state index contributed by atoms with van der Waals surface area (Å²) >= 11 is 3.73. The number of benzene rings is 10. The van der Waals surface area contributed by atoms with Gasteiger partial charge >= 0.3 is 0 Å². The molecule has 0 saturated carbocycles. The standard InChI is InChI=1S/C54H31NOS2/c1-2-14-37-36(13-1)43-29-35(24-25-38(43)45-31-53-47(30-44(37)45)41-17-5-8-22-51(41)58-53)55(48-19-10-18-42-39-15-3-6-20-49(39)56-54(42)48)34-12-9-11-32(27-34)33-23-26-52-46(28-33)40-16-4-7-21-50(40)57-52/h1-31H. The van der Waals surface area contributed by atoms with Crippen molar-refractivity contribution in [1.29, 1.82) is 0 Å². The molecule has 0 N–H and O–H groups in total. The maximum absolute atomic E-state index is 6.74. The molecule has 0 bridgehead atoms. The van der Waals surface area contributed by atoms with E-state index in [9.17, 15) is 0 Å². The number of hydrogen-bond donors (Lipinski definition) is 0. The minimum atomic E-state index is 0.871. The highest BCUT2D eigenvalue weighted by atomic mass is 32.1. The molecule has 2 nitrogen and oxygen atoms in total. The summed E-state index contributed by atoms with van der Waals surface area (Å²) in [4.78, 5) is 2.39. The van der Waals surface area contributed by atoms with E-state index in [0.29, 0.717) is 0 Å². The van der Waals surface area contributed by atoms with E-state index in [1.165, 1.54) is 83.8 Å². The predicted octanol–water partition coefficient (Wildman–Crippen LogP) is 16.9.